The smallest absolute Gasteiger partial charge is 0.247 e. The molecule has 2 heterocycles. The Labute approximate surface area is 114 Å². The Morgan fingerprint density at radius 3 is 2.79 bits per heavy atom. The molecule has 1 aliphatic heterocycles. The fourth-order valence-corrected chi connectivity index (χ4v) is 2.54. The highest BCUT2D eigenvalue weighted by molar-refractivity contribution is 5.90. The highest BCUT2D eigenvalue weighted by Crippen LogP contribution is 2.29. The second-order valence-corrected chi connectivity index (χ2v) is 5.40. The SMILES string of the molecule is CCNc1cncc(N2CCN(C)C(=O)C2(C)C)c1. The van der Waals surface area contributed by atoms with E-state index in [4.69, 9.17) is 0 Å². The number of pyridine rings is 1. The molecular weight excluding hydrogens is 240 g/mol. The van der Waals surface area contributed by atoms with Crippen LogP contribution in [0.4, 0.5) is 11.4 Å². The van der Waals surface area contributed by atoms with Gasteiger partial charge in [0.15, 0.2) is 0 Å². The minimum Gasteiger partial charge on any atom is -0.384 e. The molecule has 2 rings (SSSR count). The third-order valence-corrected chi connectivity index (χ3v) is 3.62. The Balaban J connectivity index is 2.30. The normalized spacial score (nSPS) is 18.6. The summed E-state index contributed by atoms with van der Waals surface area (Å²) >= 11 is 0. The predicted molar refractivity (Wildman–Crippen MR) is 77.5 cm³/mol. The van der Waals surface area contributed by atoms with Crippen LogP contribution in [0.1, 0.15) is 20.8 Å². The number of carbonyl (C=O) groups excluding carboxylic acids is 1. The third kappa shape index (κ3) is 2.50. The molecule has 1 fully saturated rings. The van der Waals surface area contributed by atoms with Gasteiger partial charge in [-0.15, -0.1) is 0 Å². The lowest BCUT2D eigenvalue weighted by Crippen LogP contribution is -2.62. The van der Waals surface area contributed by atoms with Gasteiger partial charge < -0.3 is 15.1 Å². The molecule has 1 saturated heterocycles. The van der Waals surface area contributed by atoms with E-state index in [2.05, 4.69) is 28.2 Å². The lowest BCUT2D eigenvalue weighted by Gasteiger charge is -2.46. The Hall–Kier alpha value is -1.78. The fourth-order valence-electron chi connectivity index (χ4n) is 2.54. The summed E-state index contributed by atoms with van der Waals surface area (Å²) in [6, 6.07) is 2.05. The van der Waals surface area contributed by atoms with Crippen LogP contribution in [-0.4, -0.2) is 48.0 Å². The van der Waals surface area contributed by atoms with E-state index >= 15 is 0 Å². The van der Waals surface area contributed by atoms with Gasteiger partial charge in [0.25, 0.3) is 0 Å². The van der Waals surface area contributed by atoms with Gasteiger partial charge in [-0.25, -0.2) is 0 Å². The van der Waals surface area contributed by atoms with Crippen LogP contribution >= 0.6 is 0 Å². The molecule has 0 saturated carbocycles. The molecule has 0 unspecified atom stereocenters. The van der Waals surface area contributed by atoms with Crippen LogP contribution in [0.2, 0.25) is 0 Å². The van der Waals surface area contributed by atoms with Crippen LogP contribution in [0.5, 0.6) is 0 Å². The Kier molecular flexibility index (Phi) is 3.64. The number of hydrogen-bond donors (Lipinski definition) is 1. The van der Waals surface area contributed by atoms with Crippen molar-refractivity contribution in [1.29, 1.82) is 0 Å². The molecule has 1 N–H and O–H groups in total. The molecular formula is C14H22N4O. The maximum absolute atomic E-state index is 12.3. The zero-order chi connectivity index (χ0) is 14.0. The van der Waals surface area contributed by atoms with Crippen LogP contribution in [0.15, 0.2) is 18.5 Å². The summed E-state index contributed by atoms with van der Waals surface area (Å²) in [6.45, 7) is 8.40. The largest absolute Gasteiger partial charge is 0.384 e. The molecule has 1 aromatic heterocycles. The average molecular weight is 262 g/mol. The lowest BCUT2D eigenvalue weighted by molar-refractivity contribution is -0.136. The van der Waals surface area contributed by atoms with Crippen molar-refractivity contribution in [3.05, 3.63) is 18.5 Å². The van der Waals surface area contributed by atoms with E-state index in [0.29, 0.717) is 0 Å². The zero-order valence-electron chi connectivity index (χ0n) is 12.1. The summed E-state index contributed by atoms with van der Waals surface area (Å²) in [4.78, 5) is 20.5. The molecule has 0 spiro atoms. The molecule has 104 valence electrons. The van der Waals surface area contributed by atoms with Crippen molar-refractivity contribution in [3.63, 3.8) is 0 Å². The van der Waals surface area contributed by atoms with Crippen molar-refractivity contribution >= 4 is 17.3 Å². The summed E-state index contributed by atoms with van der Waals surface area (Å²) in [6.07, 6.45) is 3.62. The lowest BCUT2D eigenvalue weighted by atomic mass is 9.97. The third-order valence-electron chi connectivity index (χ3n) is 3.62. The average Bonchev–Trinajstić information content (AvgIpc) is 2.37. The van der Waals surface area contributed by atoms with Crippen molar-refractivity contribution in [2.75, 3.05) is 36.9 Å². The van der Waals surface area contributed by atoms with E-state index in [-0.39, 0.29) is 5.91 Å². The quantitative estimate of drug-likeness (QED) is 0.898. The standard InChI is InChI=1S/C14H22N4O/c1-5-16-11-8-12(10-15-9-11)18-7-6-17(4)13(19)14(18,2)3/h8-10,16H,5-7H2,1-4H3. The van der Waals surface area contributed by atoms with Gasteiger partial charge in [-0.3, -0.25) is 9.78 Å². The van der Waals surface area contributed by atoms with Gasteiger partial charge in [-0.05, 0) is 26.8 Å². The number of piperazine rings is 1. The van der Waals surface area contributed by atoms with E-state index in [1.54, 1.807) is 11.1 Å². The molecule has 1 aliphatic rings. The predicted octanol–water partition coefficient (Wildman–Crippen LogP) is 1.57. The molecule has 1 aromatic rings. The molecule has 0 radical (unpaired) electrons. The highest BCUT2D eigenvalue weighted by atomic mass is 16.2. The van der Waals surface area contributed by atoms with Gasteiger partial charge in [-0.2, -0.15) is 0 Å². The molecule has 0 bridgehead atoms. The first-order valence-electron chi connectivity index (χ1n) is 6.69. The minimum absolute atomic E-state index is 0.146. The van der Waals surface area contributed by atoms with Crippen molar-refractivity contribution in [3.8, 4) is 0 Å². The first-order valence-corrected chi connectivity index (χ1v) is 6.69. The van der Waals surface area contributed by atoms with Crippen molar-refractivity contribution in [2.45, 2.75) is 26.3 Å². The van der Waals surface area contributed by atoms with Gasteiger partial charge in [0, 0.05) is 26.7 Å². The van der Waals surface area contributed by atoms with E-state index in [0.717, 1.165) is 31.0 Å². The number of anilines is 2. The molecule has 0 aliphatic carbocycles. The van der Waals surface area contributed by atoms with Crippen molar-refractivity contribution in [1.82, 2.24) is 9.88 Å². The number of carbonyl (C=O) groups is 1. The Morgan fingerprint density at radius 1 is 1.37 bits per heavy atom. The second-order valence-electron chi connectivity index (χ2n) is 5.40. The van der Waals surface area contributed by atoms with Crippen LogP contribution in [0.25, 0.3) is 0 Å². The molecule has 19 heavy (non-hydrogen) atoms. The maximum Gasteiger partial charge on any atom is 0.247 e. The van der Waals surface area contributed by atoms with Gasteiger partial charge in [0.05, 0.1) is 23.8 Å². The Morgan fingerprint density at radius 2 is 2.11 bits per heavy atom. The molecule has 5 nitrogen and oxygen atoms in total. The number of likely N-dealkylation sites (N-methyl/N-ethyl adjacent to an activating group) is 1. The van der Waals surface area contributed by atoms with E-state index in [1.807, 2.05) is 27.1 Å². The van der Waals surface area contributed by atoms with E-state index in [1.165, 1.54) is 0 Å². The first kappa shape index (κ1) is 13.6. The van der Waals surface area contributed by atoms with Gasteiger partial charge in [-0.1, -0.05) is 0 Å². The monoisotopic (exact) mass is 262 g/mol. The number of aromatic nitrogens is 1. The number of nitrogens with one attached hydrogen (secondary N) is 1. The number of amides is 1. The summed E-state index contributed by atoms with van der Waals surface area (Å²) in [5.74, 6) is 0.146. The first-order chi connectivity index (χ1) is 8.96. The summed E-state index contributed by atoms with van der Waals surface area (Å²) in [7, 11) is 1.86. The molecule has 0 atom stereocenters. The number of hydrogen-bond acceptors (Lipinski definition) is 4. The molecule has 0 aromatic carbocycles. The van der Waals surface area contributed by atoms with Gasteiger partial charge >= 0.3 is 0 Å². The molecule has 1 amide bonds. The number of rotatable bonds is 3. The van der Waals surface area contributed by atoms with E-state index < -0.39 is 5.54 Å². The van der Waals surface area contributed by atoms with Crippen LogP contribution < -0.4 is 10.2 Å². The van der Waals surface area contributed by atoms with Crippen molar-refractivity contribution < 1.29 is 4.79 Å². The zero-order valence-corrected chi connectivity index (χ0v) is 12.1. The summed E-state index contributed by atoms with van der Waals surface area (Å²) in [5, 5.41) is 3.25. The highest BCUT2D eigenvalue weighted by Gasteiger charge is 2.40. The maximum atomic E-state index is 12.3. The minimum atomic E-state index is -0.528. The van der Waals surface area contributed by atoms with Crippen LogP contribution in [-0.2, 0) is 4.79 Å². The summed E-state index contributed by atoms with van der Waals surface area (Å²) < 4.78 is 0. The second kappa shape index (κ2) is 5.07. The Bertz CT molecular complexity index is 472. The fraction of sp³-hybridized carbons (Fsp3) is 0.571. The van der Waals surface area contributed by atoms with Crippen molar-refractivity contribution in [2.24, 2.45) is 0 Å². The summed E-state index contributed by atoms with van der Waals surface area (Å²) in [5.41, 5.74) is 1.45. The molecule has 5 heteroatoms. The van der Waals surface area contributed by atoms with Crippen LogP contribution in [0.3, 0.4) is 0 Å². The topological polar surface area (TPSA) is 48.5 Å². The van der Waals surface area contributed by atoms with Gasteiger partial charge in [0.1, 0.15) is 5.54 Å². The van der Waals surface area contributed by atoms with Gasteiger partial charge in [0.2, 0.25) is 5.91 Å². The number of nitrogens with zero attached hydrogens (tertiary/aromatic N) is 3. The van der Waals surface area contributed by atoms with Crippen LogP contribution in [0, 0.1) is 0 Å². The van der Waals surface area contributed by atoms with E-state index in [9.17, 15) is 4.79 Å².